The van der Waals surface area contributed by atoms with E-state index in [1.54, 1.807) is 12.1 Å². The van der Waals surface area contributed by atoms with Gasteiger partial charge in [-0.1, -0.05) is 48.5 Å². The van der Waals surface area contributed by atoms with E-state index >= 15 is 0 Å². The van der Waals surface area contributed by atoms with Crippen molar-refractivity contribution < 1.29 is 9.53 Å². The molecule has 1 unspecified atom stereocenters. The van der Waals surface area contributed by atoms with Gasteiger partial charge in [0.1, 0.15) is 6.61 Å². The molecule has 104 valence electrons. The van der Waals surface area contributed by atoms with Gasteiger partial charge < -0.3 is 10.5 Å². The van der Waals surface area contributed by atoms with Crippen LogP contribution >= 0.6 is 0 Å². The number of anilines is 1. The number of amides is 1. The molecule has 20 heavy (non-hydrogen) atoms. The highest BCUT2D eigenvalue weighted by molar-refractivity contribution is 5.84. The number of hydrogen-bond donors (Lipinski definition) is 2. The van der Waals surface area contributed by atoms with Crippen LogP contribution in [0.15, 0.2) is 60.7 Å². The number of para-hydroxylation sites is 1. The number of rotatable bonds is 5. The van der Waals surface area contributed by atoms with Gasteiger partial charge in [-0.2, -0.15) is 0 Å². The maximum atomic E-state index is 11.6. The van der Waals surface area contributed by atoms with Crippen LogP contribution in [0, 0.1) is 0 Å². The SMILES string of the molecule is NC(COC(=O)Nc1ccccc1)Cc1ccccc1. The highest BCUT2D eigenvalue weighted by Gasteiger charge is 2.08. The fraction of sp³-hybridized carbons (Fsp3) is 0.188. The number of nitrogens with two attached hydrogens (primary N) is 1. The van der Waals surface area contributed by atoms with Crippen molar-refractivity contribution in [3.8, 4) is 0 Å². The van der Waals surface area contributed by atoms with Gasteiger partial charge in [0.15, 0.2) is 0 Å². The summed E-state index contributed by atoms with van der Waals surface area (Å²) in [4.78, 5) is 11.6. The molecular weight excluding hydrogens is 252 g/mol. The average Bonchev–Trinajstić information content (AvgIpc) is 2.47. The summed E-state index contributed by atoms with van der Waals surface area (Å²) < 4.78 is 5.10. The highest BCUT2D eigenvalue weighted by atomic mass is 16.5. The van der Waals surface area contributed by atoms with Crippen LogP contribution in [0.4, 0.5) is 10.5 Å². The Labute approximate surface area is 118 Å². The van der Waals surface area contributed by atoms with Crippen LogP contribution in [0.2, 0.25) is 0 Å². The molecule has 0 spiro atoms. The molecule has 0 aliphatic rings. The largest absolute Gasteiger partial charge is 0.448 e. The third-order valence-corrected chi connectivity index (χ3v) is 2.79. The Kier molecular flexibility index (Phi) is 5.15. The van der Waals surface area contributed by atoms with Crippen LogP contribution in [-0.2, 0) is 11.2 Å². The topological polar surface area (TPSA) is 64.3 Å². The van der Waals surface area contributed by atoms with Crippen LogP contribution < -0.4 is 11.1 Å². The molecule has 0 aliphatic carbocycles. The summed E-state index contributed by atoms with van der Waals surface area (Å²) in [6, 6.07) is 18.8. The minimum atomic E-state index is -0.486. The molecule has 3 N–H and O–H groups in total. The Hall–Kier alpha value is -2.33. The number of carbonyl (C=O) groups is 1. The monoisotopic (exact) mass is 270 g/mol. The summed E-state index contributed by atoms with van der Waals surface area (Å²) >= 11 is 0. The lowest BCUT2D eigenvalue weighted by molar-refractivity contribution is 0.154. The zero-order chi connectivity index (χ0) is 14.2. The maximum absolute atomic E-state index is 11.6. The quantitative estimate of drug-likeness (QED) is 0.878. The van der Waals surface area contributed by atoms with Crippen molar-refractivity contribution in [2.75, 3.05) is 11.9 Å². The molecule has 2 rings (SSSR count). The fourth-order valence-corrected chi connectivity index (χ4v) is 1.83. The zero-order valence-corrected chi connectivity index (χ0v) is 11.2. The first-order chi connectivity index (χ1) is 9.74. The molecule has 0 aromatic heterocycles. The van der Waals surface area contributed by atoms with Crippen LogP contribution in [0.3, 0.4) is 0 Å². The van der Waals surface area contributed by atoms with E-state index in [2.05, 4.69) is 5.32 Å². The summed E-state index contributed by atoms with van der Waals surface area (Å²) in [5, 5.41) is 2.64. The van der Waals surface area contributed by atoms with Crippen molar-refractivity contribution in [3.05, 3.63) is 66.2 Å². The Bertz CT molecular complexity index is 529. The van der Waals surface area contributed by atoms with Gasteiger partial charge in [0, 0.05) is 11.7 Å². The average molecular weight is 270 g/mol. The Balaban J connectivity index is 1.73. The van der Waals surface area contributed by atoms with E-state index in [0.717, 1.165) is 5.56 Å². The second-order valence-corrected chi connectivity index (χ2v) is 4.54. The number of benzene rings is 2. The molecule has 0 heterocycles. The van der Waals surface area contributed by atoms with Gasteiger partial charge in [0.25, 0.3) is 0 Å². The second kappa shape index (κ2) is 7.31. The summed E-state index contributed by atoms with van der Waals surface area (Å²) in [6.07, 6.45) is 0.194. The van der Waals surface area contributed by atoms with Crippen molar-refractivity contribution in [3.63, 3.8) is 0 Å². The molecule has 0 radical (unpaired) electrons. The summed E-state index contributed by atoms with van der Waals surface area (Å²) in [5.41, 5.74) is 7.78. The van der Waals surface area contributed by atoms with Crippen LogP contribution in [0.25, 0.3) is 0 Å². The molecule has 4 heteroatoms. The van der Waals surface area contributed by atoms with Gasteiger partial charge in [0.2, 0.25) is 0 Å². The number of hydrogen-bond acceptors (Lipinski definition) is 3. The molecule has 0 saturated heterocycles. The lowest BCUT2D eigenvalue weighted by Gasteiger charge is -2.12. The summed E-state index contributed by atoms with van der Waals surface area (Å²) in [7, 11) is 0. The number of nitrogens with one attached hydrogen (secondary N) is 1. The molecule has 1 amide bonds. The van der Waals surface area contributed by atoms with Crippen molar-refractivity contribution in [2.24, 2.45) is 5.73 Å². The number of ether oxygens (including phenoxy) is 1. The molecule has 0 bridgehead atoms. The Morgan fingerprint density at radius 3 is 2.30 bits per heavy atom. The molecule has 0 aliphatic heterocycles. The predicted octanol–water partition coefficient (Wildman–Crippen LogP) is 2.81. The van der Waals surface area contributed by atoms with E-state index in [1.807, 2.05) is 48.5 Å². The van der Waals surface area contributed by atoms with Gasteiger partial charge in [-0.15, -0.1) is 0 Å². The first-order valence-corrected chi connectivity index (χ1v) is 6.52. The van der Waals surface area contributed by atoms with Gasteiger partial charge >= 0.3 is 6.09 Å². The second-order valence-electron chi connectivity index (χ2n) is 4.54. The van der Waals surface area contributed by atoms with Crippen LogP contribution in [0.5, 0.6) is 0 Å². The minimum Gasteiger partial charge on any atom is -0.448 e. The summed E-state index contributed by atoms with van der Waals surface area (Å²) in [5.74, 6) is 0. The van der Waals surface area contributed by atoms with Crippen LogP contribution in [-0.4, -0.2) is 18.7 Å². The first-order valence-electron chi connectivity index (χ1n) is 6.52. The lowest BCUT2D eigenvalue weighted by atomic mass is 10.1. The molecule has 0 fully saturated rings. The Morgan fingerprint density at radius 1 is 1.05 bits per heavy atom. The maximum Gasteiger partial charge on any atom is 0.411 e. The molecule has 2 aromatic rings. The smallest absolute Gasteiger partial charge is 0.411 e. The number of carbonyl (C=O) groups excluding carboxylic acids is 1. The normalized spacial score (nSPS) is 11.7. The van der Waals surface area contributed by atoms with Crippen LogP contribution in [0.1, 0.15) is 5.56 Å². The van der Waals surface area contributed by atoms with Crippen molar-refractivity contribution in [2.45, 2.75) is 12.5 Å². The van der Waals surface area contributed by atoms with Crippen molar-refractivity contribution >= 4 is 11.8 Å². The third-order valence-electron chi connectivity index (χ3n) is 2.79. The van der Waals surface area contributed by atoms with Gasteiger partial charge in [-0.3, -0.25) is 5.32 Å². The van der Waals surface area contributed by atoms with Gasteiger partial charge in [-0.05, 0) is 24.1 Å². The molecular formula is C16H18N2O2. The molecule has 2 aromatic carbocycles. The fourth-order valence-electron chi connectivity index (χ4n) is 1.83. The van der Waals surface area contributed by atoms with Crippen molar-refractivity contribution in [1.29, 1.82) is 0 Å². The zero-order valence-electron chi connectivity index (χ0n) is 11.2. The van der Waals surface area contributed by atoms with E-state index < -0.39 is 6.09 Å². The Morgan fingerprint density at radius 2 is 1.65 bits per heavy atom. The van der Waals surface area contributed by atoms with E-state index in [-0.39, 0.29) is 12.6 Å². The molecule has 4 nitrogen and oxygen atoms in total. The molecule has 1 atom stereocenters. The minimum absolute atomic E-state index is 0.188. The summed E-state index contributed by atoms with van der Waals surface area (Å²) in [6.45, 7) is 0.188. The van der Waals surface area contributed by atoms with E-state index in [9.17, 15) is 4.79 Å². The molecule has 0 saturated carbocycles. The highest BCUT2D eigenvalue weighted by Crippen LogP contribution is 2.06. The predicted molar refractivity (Wildman–Crippen MR) is 79.5 cm³/mol. The third kappa shape index (κ3) is 4.74. The first kappa shape index (κ1) is 14.1. The lowest BCUT2D eigenvalue weighted by Crippen LogP contribution is -2.31. The van der Waals surface area contributed by atoms with Gasteiger partial charge in [-0.25, -0.2) is 4.79 Å². The standard InChI is InChI=1S/C16H18N2O2/c17-14(11-13-7-3-1-4-8-13)12-20-16(19)18-15-9-5-2-6-10-15/h1-10,14H,11-12,17H2,(H,18,19). The van der Waals surface area contributed by atoms with E-state index in [1.165, 1.54) is 0 Å². The van der Waals surface area contributed by atoms with Gasteiger partial charge in [0.05, 0.1) is 0 Å². The van der Waals surface area contributed by atoms with E-state index in [4.69, 9.17) is 10.5 Å². The van der Waals surface area contributed by atoms with E-state index in [0.29, 0.717) is 12.1 Å². The van der Waals surface area contributed by atoms with Crippen molar-refractivity contribution in [1.82, 2.24) is 0 Å².